The maximum atomic E-state index is 11.6. The van der Waals surface area contributed by atoms with Crippen molar-refractivity contribution in [2.75, 3.05) is 6.54 Å². The predicted octanol–water partition coefficient (Wildman–Crippen LogP) is 1.16. The summed E-state index contributed by atoms with van der Waals surface area (Å²) in [7, 11) is 0. The second-order valence-corrected chi connectivity index (χ2v) is 5.30. The average molecular weight is 308 g/mol. The van der Waals surface area contributed by atoms with E-state index < -0.39 is 5.91 Å². The summed E-state index contributed by atoms with van der Waals surface area (Å²) in [5, 5.41) is 5.90. The van der Waals surface area contributed by atoms with E-state index >= 15 is 0 Å². The first kappa shape index (κ1) is 15.2. The normalized spacial score (nSPS) is 11.9. The zero-order valence-electron chi connectivity index (χ0n) is 11.7. The van der Waals surface area contributed by atoms with E-state index in [0.29, 0.717) is 0 Å². The molecular formula is C13H16N4O3S. The van der Waals surface area contributed by atoms with Gasteiger partial charge in [-0.1, -0.05) is 0 Å². The summed E-state index contributed by atoms with van der Waals surface area (Å²) in [4.78, 5) is 27.5. The second-order valence-electron chi connectivity index (χ2n) is 4.41. The molecule has 0 spiro atoms. The van der Waals surface area contributed by atoms with Crippen LogP contribution in [0.4, 0.5) is 0 Å². The SMILES string of the molecule is Cc1csc(C(C)NCC(=O)NNC(=O)c2ccco2)n1. The highest BCUT2D eigenvalue weighted by Gasteiger charge is 2.12. The Morgan fingerprint density at radius 2 is 2.24 bits per heavy atom. The van der Waals surface area contributed by atoms with E-state index in [1.807, 2.05) is 19.2 Å². The lowest BCUT2D eigenvalue weighted by Crippen LogP contribution is -2.45. The van der Waals surface area contributed by atoms with E-state index in [0.717, 1.165) is 10.7 Å². The number of aryl methyl sites for hydroxylation is 1. The predicted molar refractivity (Wildman–Crippen MR) is 77.6 cm³/mol. The minimum absolute atomic E-state index is 0.0322. The fourth-order valence-corrected chi connectivity index (χ4v) is 2.37. The van der Waals surface area contributed by atoms with Crippen LogP contribution in [0.1, 0.15) is 34.2 Å². The van der Waals surface area contributed by atoms with Gasteiger partial charge in [0.25, 0.3) is 5.91 Å². The Hall–Kier alpha value is -2.19. The number of nitrogens with zero attached hydrogens (tertiary/aromatic N) is 1. The molecule has 0 saturated heterocycles. The van der Waals surface area contributed by atoms with Crippen LogP contribution >= 0.6 is 11.3 Å². The van der Waals surface area contributed by atoms with Crippen molar-refractivity contribution in [3.8, 4) is 0 Å². The highest BCUT2D eigenvalue weighted by molar-refractivity contribution is 7.09. The van der Waals surface area contributed by atoms with Crippen molar-refractivity contribution in [3.05, 3.63) is 40.2 Å². The van der Waals surface area contributed by atoms with Gasteiger partial charge in [-0.25, -0.2) is 4.98 Å². The zero-order valence-corrected chi connectivity index (χ0v) is 12.5. The fraction of sp³-hybridized carbons (Fsp3) is 0.308. The third-order valence-corrected chi connectivity index (χ3v) is 3.78. The van der Waals surface area contributed by atoms with Gasteiger partial charge in [0.15, 0.2) is 5.76 Å². The maximum Gasteiger partial charge on any atom is 0.305 e. The number of hydrogen-bond donors (Lipinski definition) is 3. The maximum absolute atomic E-state index is 11.6. The van der Waals surface area contributed by atoms with Gasteiger partial charge in [0.2, 0.25) is 0 Å². The number of nitrogens with one attached hydrogen (secondary N) is 3. The van der Waals surface area contributed by atoms with Gasteiger partial charge in [-0.3, -0.25) is 25.8 Å². The lowest BCUT2D eigenvalue weighted by molar-refractivity contribution is -0.121. The number of rotatable bonds is 5. The molecule has 0 fully saturated rings. The van der Waals surface area contributed by atoms with E-state index in [2.05, 4.69) is 21.2 Å². The molecule has 112 valence electrons. The first-order chi connectivity index (χ1) is 10.1. The van der Waals surface area contributed by atoms with Crippen molar-refractivity contribution >= 4 is 23.2 Å². The van der Waals surface area contributed by atoms with Gasteiger partial charge >= 0.3 is 5.91 Å². The number of hydrazine groups is 1. The molecular weight excluding hydrogens is 292 g/mol. The van der Waals surface area contributed by atoms with E-state index in [4.69, 9.17) is 4.42 Å². The molecule has 0 saturated carbocycles. The minimum Gasteiger partial charge on any atom is -0.459 e. The third kappa shape index (κ3) is 4.40. The van der Waals surface area contributed by atoms with E-state index in [1.54, 1.807) is 6.07 Å². The third-order valence-electron chi connectivity index (χ3n) is 2.64. The van der Waals surface area contributed by atoms with Gasteiger partial charge in [-0.15, -0.1) is 11.3 Å². The molecule has 0 aliphatic carbocycles. The Kier molecular flexibility index (Phi) is 5.07. The topological polar surface area (TPSA) is 96.3 Å². The Morgan fingerprint density at radius 1 is 1.43 bits per heavy atom. The number of carbonyl (C=O) groups is 2. The number of aromatic nitrogens is 1. The Morgan fingerprint density at radius 3 is 2.86 bits per heavy atom. The lowest BCUT2D eigenvalue weighted by atomic mass is 10.3. The fourth-order valence-electron chi connectivity index (χ4n) is 1.54. The van der Waals surface area contributed by atoms with E-state index in [-0.39, 0.29) is 24.3 Å². The molecule has 2 aromatic rings. The van der Waals surface area contributed by atoms with Gasteiger partial charge in [-0.05, 0) is 26.0 Å². The second kappa shape index (κ2) is 7.00. The number of furan rings is 1. The Bertz CT molecular complexity index is 609. The van der Waals surface area contributed by atoms with Crippen LogP contribution in [0.2, 0.25) is 0 Å². The molecule has 2 heterocycles. The van der Waals surface area contributed by atoms with Crippen LogP contribution in [0.3, 0.4) is 0 Å². The number of amides is 2. The monoisotopic (exact) mass is 308 g/mol. The molecule has 7 nitrogen and oxygen atoms in total. The average Bonchev–Trinajstić information content (AvgIpc) is 3.13. The molecule has 0 bridgehead atoms. The smallest absolute Gasteiger partial charge is 0.305 e. The Balaban J connectivity index is 1.71. The first-order valence-electron chi connectivity index (χ1n) is 6.34. The standard InChI is InChI=1S/C13H16N4O3S/c1-8-7-21-13(15-8)9(2)14-6-11(18)16-17-12(19)10-4-3-5-20-10/h3-5,7,9,14H,6H2,1-2H3,(H,16,18)(H,17,19). The highest BCUT2D eigenvalue weighted by atomic mass is 32.1. The molecule has 2 aromatic heterocycles. The molecule has 1 atom stereocenters. The van der Waals surface area contributed by atoms with Crippen LogP contribution in [0, 0.1) is 6.92 Å². The van der Waals surface area contributed by atoms with Crippen molar-refractivity contribution < 1.29 is 14.0 Å². The van der Waals surface area contributed by atoms with Gasteiger partial charge in [0.1, 0.15) is 5.01 Å². The van der Waals surface area contributed by atoms with Gasteiger partial charge in [-0.2, -0.15) is 0 Å². The molecule has 0 aliphatic rings. The number of hydrogen-bond acceptors (Lipinski definition) is 6. The van der Waals surface area contributed by atoms with Crippen molar-refractivity contribution in [2.45, 2.75) is 19.9 Å². The summed E-state index contributed by atoms with van der Waals surface area (Å²) >= 11 is 1.54. The van der Waals surface area contributed by atoms with Gasteiger partial charge < -0.3 is 4.42 Å². The Labute approximate surface area is 125 Å². The van der Waals surface area contributed by atoms with Crippen LogP contribution in [0.5, 0.6) is 0 Å². The van der Waals surface area contributed by atoms with Crippen LogP contribution in [-0.2, 0) is 4.79 Å². The summed E-state index contributed by atoms with van der Waals surface area (Å²) < 4.78 is 4.90. The van der Waals surface area contributed by atoms with Crippen molar-refractivity contribution in [1.29, 1.82) is 0 Å². The quantitative estimate of drug-likeness (QED) is 0.720. The van der Waals surface area contributed by atoms with Crippen molar-refractivity contribution in [3.63, 3.8) is 0 Å². The highest BCUT2D eigenvalue weighted by Crippen LogP contribution is 2.16. The molecule has 0 radical (unpaired) electrons. The van der Waals surface area contributed by atoms with Crippen LogP contribution < -0.4 is 16.2 Å². The summed E-state index contributed by atoms with van der Waals surface area (Å²) in [5.41, 5.74) is 5.53. The summed E-state index contributed by atoms with van der Waals surface area (Å²) in [6.07, 6.45) is 1.38. The summed E-state index contributed by atoms with van der Waals surface area (Å²) in [6.45, 7) is 3.91. The molecule has 2 amide bonds. The molecule has 0 aromatic carbocycles. The summed E-state index contributed by atoms with van der Waals surface area (Å²) in [5.74, 6) is -0.720. The molecule has 21 heavy (non-hydrogen) atoms. The minimum atomic E-state index is -0.503. The molecule has 8 heteroatoms. The molecule has 1 unspecified atom stereocenters. The van der Waals surface area contributed by atoms with Crippen LogP contribution in [-0.4, -0.2) is 23.3 Å². The van der Waals surface area contributed by atoms with E-state index in [1.165, 1.54) is 23.7 Å². The van der Waals surface area contributed by atoms with Crippen molar-refractivity contribution in [1.82, 2.24) is 21.2 Å². The number of thiazole rings is 1. The van der Waals surface area contributed by atoms with Gasteiger partial charge in [0, 0.05) is 11.1 Å². The van der Waals surface area contributed by atoms with Gasteiger partial charge in [0.05, 0.1) is 18.8 Å². The van der Waals surface area contributed by atoms with Crippen LogP contribution in [0.15, 0.2) is 28.2 Å². The van der Waals surface area contributed by atoms with Crippen molar-refractivity contribution in [2.24, 2.45) is 0 Å². The molecule has 3 N–H and O–H groups in total. The molecule has 2 rings (SSSR count). The number of carbonyl (C=O) groups excluding carboxylic acids is 2. The summed E-state index contributed by atoms with van der Waals surface area (Å²) in [6, 6.07) is 3.07. The lowest BCUT2D eigenvalue weighted by Gasteiger charge is -2.11. The largest absolute Gasteiger partial charge is 0.459 e. The molecule has 0 aliphatic heterocycles. The van der Waals surface area contributed by atoms with Crippen LogP contribution in [0.25, 0.3) is 0 Å². The zero-order chi connectivity index (χ0) is 15.2. The first-order valence-corrected chi connectivity index (χ1v) is 7.22. The van der Waals surface area contributed by atoms with E-state index in [9.17, 15) is 9.59 Å².